The van der Waals surface area contributed by atoms with Crippen molar-refractivity contribution in [3.63, 3.8) is 0 Å². The van der Waals surface area contributed by atoms with Crippen molar-refractivity contribution in [2.75, 3.05) is 13.2 Å². The fourth-order valence-electron chi connectivity index (χ4n) is 2.15. The Morgan fingerprint density at radius 3 is 2.65 bits per heavy atom. The standard InChI is InChI=1S/C17H15ClN2O3/c18-14-4-1-12(2-5-14)10-17(21)20-19-11-13-3-6-15-16(9-13)23-8-7-22-15/h1-6,9,11H,7-8,10H2,(H,20,21)/b19-11+. The van der Waals surface area contributed by atoms with Crippen molar-refractivity contribution in [2.45, 2.75) is 6.42 Å². The molecule has 23 heavy (non-hydrogen) atoms. The van der Waals surface area contributed by atoms with Crippen LogP contribution in [0.2, 0.25) is 5.02 Å². The molecule has 3 rings (SSSR count). The lowest BCUT2D eigenvalue weighted by molar-refractivity contribution is -0.120. The van der Waals surface area contributed by atoms with Crippen LogP contribution >= 0.6 is 11.6 Å². The summed E-state index contributed by atoms with van der Waals surface area (Å²) in [5, 5.41) is 4.60. The number of halogens is 1. The van der Waals surface area contributed by atoms with Crippen LogP contribution in [0.5, 0.6) is 11.5 Å². The highest BCUT2D eigenvalue weighted by atomic mass is 35.5. The Balaban J connectivity index is 1.56. The number of nitrogens with one attached hydrogen (secondary N) is 1. The predicted octanol–water partition coefficient (Wildman–Crippen LogP) is 2.80. The zero-order chi connectivity index (χ0) is 16.1. The number of nitrogens with zero attached hydrogens (tertiary/aromatic N) is 1. The quantitative estimate of drug-likeness (QED) is 0.692. The lowest BCUT2D eigenvalue weighted by Crippen LogP contribution is -2.19. The molecule has 1 aliphatic heterocycles. The van der Waals surface area contributed by atoms with Gasteiger partial charge in [0.2, 0.25) is 5.91 Å². The first kappa shape index (κ1) is 15.4. The van der Waals surface area contributed by atoms with Crippen LogP contribution in [0.15, 0.2) is 47.6 Å². The zero-order valence-corrected chi connectivity index (χ0v) is 13.0. The van der Waals surface area contributed by atoms with Crippen LogP contribution in [0.4, 0.5) is 0 Å². The summed E-state index contributed by atoms with van der Waals surface area (Å²) < 4.78 is 10.9. The molecule has 118 valence electrons. The number of hydrogen-bond acceptors (Lipinski definition) is 4. The predicted molar refractivity (Wildman–Crippen MR) is 88.3 cm³/mol. The van der Waals surface area contributed by atoms with E-state index in [9.17, 15) is 4.79 Å². The summed E-state index contributed by atoms with van der Waals surface area (Å²) in [5.74, 6) is 1.22. The van der Waals surface area contributed by atoms with E-state index in [4.69, 9.17) is 21.1 Å². The van der Waals surface area contributed by atoms with E-state index < -0.39 is 0 Å². The summed E-state index contributed by atoms with van der Waals surface area (Å²) in [6.07, 6.45) is 1.81. The molecule has 1 amide bonds. The first-order valence-electron chi connectivity index (χ1n) is 7.17. The monoisotopic (exact) mass is 330 g/mol. The summed E-state index contributed by atoms with van der Waals surface area (Å²) >= 11 is 5.81. The number of hydrazone groups is 1. The summed E-state index contributed by atoms with van der Waals surface area (Å²) in [7, 11) is 0. The normalized spacial score (nSPS) is 13.1. The number of hydrogen-bond donors (Lipinski definition) is 1. The second kappa shape index (κ2) is 7.15. The maximum atomic E-state index is 11.8. The van der Waals surface area contributed by atoms with Crippen molar-refractivity contribution in [3.8, 4) is 11.5 Å². The molecule has 1 N–H and O–H groups in total. The molecule has 0 bridgehead atoms. The Hall–Kier alpha value is -2.53. The third-order valence-electron chi connectivity index (χ3n) is 3.25. The average Bonchev–Trinajstić information content (AvgIpc) is 2.57. The van der Waals surface area contributed by atoms with Gasteiger partial charge in [0.15, 0.2) is 11.5 Å². The summed E-state index contributed by atoms with van der Waals surface area (Å²) in [4.78, 5) is 11.8. The number of ether oxygens (including phenoxy) is 2. The first-order valence-corrected chi connectivity index (χ1v) is 7.54. The van der Waals surface area contributed by atoms with E-state index in [0.29, 0.717) is 24.0 Å². The van der Waals surface area contributed by atoms with Crippen LogP contribution in [-0.4, -0.2) is 25.3 Å². The summed E-state index contributed by atoms with van der Waals surface area (Å²) in [5.41, 5.74) is 4.20. The molecule has 0 aromatic heterocycles. The molecule has 0 radical (unpaired) electrons. The van der Waals surface area contributed by atoms with E-state index in [1.807, 2.05) is 30.3 Å². The van der Waals surface area contributed by atoms with E-state index in [0.717, 1.165) is 16.9 Å². The molecule has 5 nitrogen and oxygen atoms in total. The fourth-order valence-corrected chi connectivity index (χ4v) is 2.27. The van der Waals surface area contributed by atoms with Crippen LogP contribution in [-0.2, 0) is 11.2 Å². The summed E-state index contributed by atoms with van der Waals surface area (Å²) in [6.45, 7) is 1.09. The van der Waals surface area contributed by atoms with Gasteiger partial charge in [0, 0.05) is 5.02 Å². The van der Waals surface area contributed by atoms with Crippen molar-refractivity contribution in [1.82, 2.24) is 5.43 Å². The molecule has 2 aromatic carbocycles. The van der Waals surface area contributed by atoms with Gasteiger partial charge in [0.1, 0.15) is 13.2 Å². The van der Waals surface area contributed by atoms with Gasteiger partial charge in [-0.05, 0) is 41.5 Å². The first-order chi connectivity index (χ1) is 11.2. The van der Waals surface area contributed by atoms with E-state index in [1.165, 1.54) is 0 Å². The molecule has 0 unspecified atom stereocenters. The number of fused-ring (bicyclic) bond motifs is 1. The van der Waals surface area contributed by atoms with E-state index in [2.05, 4.69) is 10.5 Å². The Morgan fingerprint density at radius 2 is 1.87 bits per heavy atom. The zero-order valence-electron chi connectivity index (χ0n) is 12.3. The SMILES string of the molecule is O=C(Cc1ccc(Cl)cc1)N/N=C/c1ccc2c(c1)OCCO2. The maximum Gasteiger partial charge on any atom is 0.244 e. The maximum absolute atomic E-state index is 11.8. The van der Waals surface area contributed by atoms with Crippen molar-refractivity contribution in [2.24, 2.45) is 5.10 Å². The van der Waals surface area contributed by atoms with Gasteiger partial charge in [-0.1, -0.05) is 23.7 Å². The third-order valence-corrected chi connectivity index (χ3v) is 3.50. The second-order valence-electron chi connectivity index (χ2n) is 5.00. The molecular formula is C17H15ClN2O3. The molecule has 6 heteroatoms. The van der Waals surface area contributed by atoms with E-state index in [-0.39, 0.29) is 12.3 Å². The molecule has 0 saturated heterocycles. The van der Waals surface area contributed by atoms with Crippen LogP contribution < -0.4 is 14.9 Å². The van der Waals surface area contributed by atoms with Gasteiger partial charge >= 0.3 is 0 Å². The highest BCUT2D eigenvalue weighted by molar-refractivity contribution is 6.30. The summed E-state index contributed by atoms with van der Waals surface area (Å²) in [6, 6.07) is 12.6. The Labute approximate surface area is 138 Å². The molecule has 1 heterocycles. The topological polar surface area (TPSA) is 59.9 Å². The smallest absolute Gasteiger partial charge is 0.244 e. The van der Waals surface area contributed by atoms with Gasteiger partial charge in [0.05, 0.1) is 12.6 Å². The van der Waals surface area contributed by atoms with Crippen LogP contribution in [0.1, 0.15) is 11.1 Å². The molecule has 0 aliphatic carbocycles. The highest BCUT2D eigenvalue weighted by Gasteiger charge is 2.10. The number of benzene rings is 2. The van der Waals surface area contributed by atoms with Crippen molar-refractivity contribution in [1.29, 1.82) is 0 Å². The van der Waals surface area contributed by atoms with Crippen LogP contribution in [0.3, 0.4) is 0 Å². The van der Waals surface area contributed by atoms with Gasteiger partial charge in [-0.15, -0.1) is 0 Å². The Morgan fingerprint density at radius 1 is 1.13 bits per heavy atom. The van der Waals surface area contributed by atoms with Gasteiger partial charge in [-0.25, -0.2) is 5.43 Å². The minimum atomic E-state index is -0.193. The molecule has 1 aliphatic rings. The Bertz CT molecular complexity index is 729. The fraction of sp³-hybridized carbons (Fsp3) is 0.176. The largest absolute Gasteiger partial charge is 0.486 e. The van der Waals surface area contributed by atoms with Crippen molar-refractivity contribution < 1.29 is 14.3 Å². The van der Waals surface area contributed by atoms with Gasteiger partial charge < -0.3 is 9.47 Å². The second-order valence-corrected chi connectivity index (χ2v) is 5.44. The number of carbonyl (C=O) groups excluding carboxylic acids is 1. The molecule has 0 fully saturated rings. The molecule has 2 aromatic rings. The van der Waals surface area contributed by atoms with Crippen molar-refractivity contribution >= 4 is 23.7 Å². The van der Waals surface area contributed by atoms with Crippen molar-refractivity contribution in [3.05, 3.63) is 58.6 Å². The minimum absolute atomic E-state index is 0.193. The van der Waals surface area contributed by atoms with E-state index in [1.54, 1.807) is 18.3 Å². The lowest BCUT2D eigenvalue weighted by atomic mass is 10.1. The lowest BCUT2D eigenvalue weighted by Gasteiger charge is -2.18. The van der Waals surface area contributed by atoms with Crippen LogP contribution in [0, 0.1) is 0 Å². The van der Waals surface area contributed by atoms with Gasteiger partial charge in [-0.2, -0.15) is 5.10 Å². The Kier molecular flexibility index (Phi) is 4.78. The number of amides is 1. The molecular weight excluding hydrogens is 316 g/mol. The highest BCUT2D eigenvalue weighted by Crippen LogP contribution is 2.30. The molecule has 0 spiro atoms. The molecule has 0 saturated carbocycles. The average molecular weight is 331 g/mol. The van der Waals surface area contributed by atoms with Gasteiger partial charge in [-0.3, -0.25) is 4.79 Å². The number of carbonyl (C=O) groups is 1. The van der Waals surface area contributed by atoms with E-state index >= 15 is 0 Å². The molecule has 0 atom stereocenters. The number of rotatable bonds is 4. The minimum Gasteiger partial charge on any atom is -0.486 e. The van der Waals surface area contributed by atoms with Gasteiger partial charge in [0.25, 0.3) is 0 Å². The third kappa shape index (κ3) is 4.23. The van der Waals surface area contributed by atoms with Crippen LogP contribution in [0.25, 0.3) is 0 Å².